The molecule has 4 aliphatic carbocycles. The van der Waals surface area contributed by atoms with Gasteiger partial charge in [-0.3, -0.25) is 4.79 Å². The molecule has 0 unspecified atom stereocenters. The molecule has 4 fully saturated rings. The first-order valence-corrected chi connectivity index (χ1v) is 8.67. The van der Waals surface area contributed by atoms with Crippen molar-refractivity contribution >= 4 is 5.78 Å². The van der Waals surface area contributed by atoms with Gasteiger partial charge in [-0.15, -0.1) is 0 Å². The molecule has 114 valence electrons. The van der Waals surface area contributed by atoms with E-state index >= 15 is 0 Å². The van der Waals surface area contributed by atoms with Gasteiger partial charge < -0.3 is 4.57 Å². The standard InChI is InChI=1S/C18H26N2O/c1-2-20-4-3-19-17(20)8-16(21)12-18-9-13-5-14(10-18)7-15(6-13)11-18/h3-4,13-15H,2,5-12H2,1H3. The Bertz CT molecular complexity index is 510. The van der Waals surface area contributed by atoms with Crippen molar-refractivity contribution in [3.8, 4) is 0 Å². The minimum Gasteiger partial charge on any atom is -0.335 e. The van der Waals surface area contributed by atoms with Crippen LogP contribution in [0.4, 0.5) is 0 Å². The first-order chi connectivity index (χ1) is 10.2. The molecule has 4 aliphatic rings. The minimum absolute atomic E-state index is 0.371. The van der Waals surface area contributed by atoms with Crippen LogP contribution in [0.5, 0.6) is 0 Å². The van der Waals surface area contributed by atoms with E-state index in [4.69, 9.17) is 0 Å². The van der Waals surface area contributed by atoms with Gasteiger partial charge in [-0.1, -0.05) is 0 Å². The molecule has 0 aromatic carbocycles. The van der Waals surface area contributed by atoms with Gasteiger partial charge in [0.1, 0.15) is 11.6 Å². The third-order valence-electron chi connectivity index (χ3n) is 6.23. The molecule has 1 aromatic heterocycles. The average molecular weight is 286 g/mol. The fraction of sp³-hybridized carbons (Fsp3) is 0.778. The number of hydrogen-bond acceptors (Lipinski definition) is 2. The number of carbonyl (C=O) groups excluding carboxylic acids is 1. The zero-order chi connectivity index (χ0) is 14.4. The molecule has 1 heterocycles. The molecule has 0 amide bonds. The number of Topliss-reactive ketones (excluding diaryl/α,β-unsaturated/α-hetero) is 1. The Hall–Kier alpha value is -1.12. The Morgan fingerprint density at radius 3 is 2.43 bits per heavy atom. The van der Waals surface area contributed by atoms with Crippen LogP contribution in [0, 0.1) is 23.2 Å². The number of aromatic nitrogens is 2. The van der Waals surface area contributed by atoms with Crippen LogP contribution in [0.2, 0.25) is 0 Å². The van der Waals surface area contributed by atoms with Gasteiger partial charge in [0.2, 0.25) is 0 Å². The van der Waals surface area contributed by atoms with Crippen LogP contribution >= 0.6 is 0 Å². The highest BCUT2D eigenvalue weighted by molar-refractivity contribution is 5.81. The van der Waals surface area contributed by atoms with Crippen LogP contribution in [0.3, 0.4) is 0 Å². The van der Waals surface area contributed by atoms with Crippen LogP contribution in [-0.4, -0.2) is 15.3 Å². The van der Waals surface area contributed by atoms with Crippen molar-refractivity contribution in [2.24, 2.45) is 23.2 Å². The number of carbonyl (C=O) groups is 1. The molecule has 1 aromatic rings. The molecule has 0 atom stereocenters. The summed E-state index contributed by atoms with van der Waals surface area (Å²) in [4.78, 5) is 17.0. The van der Waals surface area contributed by atoms with Gasteiger partial charge in [0, 0.05) is 25.4 Å². The molecule has 3 heteroatoms. The molecular formula is C18H26N2O. The molecular weight excluding hydrogens is 260 g/mol. The summed E-state index contributed by atoms with van der Waals surface area (Å²) in [6.07, 6.45) is 13.5. The Kier molecular flexibility index (Phi) is 3.20. The Labute approximate surface area is 127 Å². The van der Waals surface area contributed by atoms with Crippen LogP contribution in [0.15, 0.2) is 12.4 Å². The van der Waals surface area contributed by atoms with Gasteiger partial charge in [0.05, 0.1) is 6.42 Å². The summed E-state index contributed by atoms with van der Waals surface area (Å²) in [6.45, 7) is 3.01. The van der Waals surface area contributed by atoms with Crippen molar-refractivity contribution in [3.63, 3.8) is 0 Å². The number of aryl methyl sites for hydroxylation is 1. The summed E-state index contributed by atoms with van der Waals surface area (Å²) < 4.78 is 2.09. The summed E-state index contributed by atoms with van der Waals surface area (Å²) in [7, 11) is 0. The fourth-order valence-corrected chi connectivity index (χ4v) is 5.96. The maximum atomic E-state index is 12.6. The number of rotatable bonds is 5. The highest BCUT2D eigenvalue weighted by Crippen LogP contribution is 2.61. The van der Waals surface area contributed by atoms with Gasteiger partial charge >= 0.3 is 0 Å². The normalized spacial score (nSPS) is 37.1. The van der Waals surface area contributed by atoms with Gasteiger partial charge in [0.25, 0.3) is 0 Å². The van der Waals surface area contributed by atoms with E-state index in [9.17, 15) is 4.79 Å². The van der Waals surface area contributed by atoms with Gasteiger partial charge in [-0.05, 0) is 68.6 Å². The van der Waals surface area contributed by atoms with Gasteiger partial charge in [-0.25, -0.2) is 4.98 Å². The summed E-state index contributed by atoms with van der Waals surface area (Å²) in [5.74, 6) is 4.16. The zero-order valence-corrected chi connectivity index (χ0v) is 13.1. The van der Waals surface area contributed by atoms with Gasteiger partial charge in [0.15, 0.2) is 0 Å². The summed E-state index contributed by atoms with van der Waals surface area (Å²) in [5, 5.41) is 0. The molecule has 0 N–H and O–H groups in total. The van der Waals surface area contributed by atoms with Crippen molar-refractivity contribution in [1.29, 1.82) is 0 Å². The fourth-order valence-electron chi connectivity index (χ4n) is 5.96. The summed E-state index contributed by atoms with van der Waals surface area (Å²) in [6, 6.07) is 0. The third kappa shape index (κ3) is 2.45. The largest absolute Gasteiger partial charge is 0.335 e. The molecule has 0 spiro atoms. The quantitative estimate of drug-likeness (QED) is 0.828. The van der Waals surface area contributed by atoms with Crippen molar-refractivity contribution in [1.82, 2.24) is 9.55 Å². The van der Waals surface area contributed by atoms with E-state index in [-0.39, 0.29) is 0 Å². The first kappa shape index (κ1) is 13.5. The lowest BCUT2D eigenvalue weighted by Crippen LogP contribution is -2.47. The lowest BCUT2D eigenvalue weighted by molar-refractivity contribution is -0.126. The maximum absolute atomic E-state index is 12.6. The highest BCUT2D eigenvalue weighted by Gasteiger charge is 2.51. The Morgan fingerprint density at radius 2 is 1.86 bits per heavy atom. The second kappa shape index (κ2) is 4.96. The van der Waals surface area contributed by atoms with Crippen molar-refractivity contribution in [2.45, 2.75) is 64.8 Å². The van der Waals surface area contributed by atoms with Crippen molar-refractivity contribution in [3.05, 3.63) is 18.2 Å². The van der Waals surface area contributed by atoms with Crippen molar-refractivity contribution < 1.29 is 4.79 Å². The van der Waals surface area contributed by atoms with E-state index in [1.165, 1.54) is 38.5 Å². The van der Waals surface area contributed by atoms with E-state index in [1.807, 2.05) is 12.4 Å². The predicted molar refractivity (Wildman–Crippen MR) is 81.8 cm³/mol. The smallest absolute Gasteiger partial charge is 0.140 e. The lowest BCUT2D eigenvalue weighted by Gasteiger charge is -2.56. The SMILES string of the molecule is CCn1ccnc1CC(=O)CC12CC3CC(CC(C3)C1)C2. The molecule has 4 bridgehead atoms. The summed E-state index contributed by atoms with van der Waals surface area (Å²) >= 11 is 0. The van der Waals surface area contributed by atoms with Crippen LogP contribution in [0.1, 0.15) is 57.7 Å². The number of imidazole rings is 1. The molecule has 0 radical (unpaired) electrons. The van der Waals surface area contributed by atoms with Crippen LogP contribution in [0.25, 0.3) is 0 Å². The molecule has 4 saturated carbocycles. The number of ketones is 1. The molecule has 0 saturated heterocycles. The predicted octanol–water partition coefficient (Wildman–Crippen LogP) is 3.62. The van der Waals surface area contributed by atoms with Gasteiger partial charge in [-0.2, -0.15) is 0 Å². The molecule has 3 nitrogen and oxygen atoms in total. The zero-order valence-electron chi connectivity index (χ0n) is 13.1. The van der Waals surface area contributed by atoms with Crippen LogP contribution < -0.4 is 0 Å². The first-order valence-electron chi connectivity index (χ1n) is 8.67. The van der Waals surface area contributed by atoms with E-state index < -0.39 is 0 Å². The topological polar surface area (TPSA) is 34.9 Å². The maximum Gasteiger partial charge on any atom is 0.140 e. The molecule has 21 heavy (non-hydrogen) atoms. The van der Waals surface area contributed by atoms with E-state index in [0.717, 1.165) is 36.5 Å². The third-order valence-corrected chi connectivity index (χ3v) is 6.23. The van der Waals surface area contributed by atoms with E-state index in [2.05, 4.69) is 16.5 Å². The van der Waals surface area contributed by atoms with E-state index in [0.29, 0.717) is 17.6 Å². The second-order valence-electron chi connectivity index (χ2n) is 7.94. The Morgan fingerprint density at radius 1 is 1.24 bits per heavy atom. The monoisotopic (exact) mass is 286 g/mol. The molecule has 5 rings (SSSR count). The average Bonchev–Trinajstić information content (AvgIpc) is 2.83. The number of nitrogens with zero attached hydrogens (tertiary/aromatic N) is 2. The summed E-state index contributed by atoms with van der Waals surface area (Å²) in [5.41, 5.74) is 0.371. The molecule has 0 aliphatic heterocycles. The number of hydrogen-bond donors (Lipinski definition) is 0. The Balaban J connectivity index is 1.45. The minimum atomic E-state index is 0.371. The second-order valence-corrected chi connectivity index (χ2v) is 7.94. The van der Waals surface area contributed by atoms with E-state index in [1.54, 1.807) is 0 Å². The lowest BCUT2D eigenvalue weighted by atomic mass is 9.48. The van der Waals surface area contributed by atoms with Crippen molar-refractivity contribution in [2.75, 3.05) is 0 Å². The highest BCUT2D eigenvalue weighted by atomic mass is 16.1. The van der Waals surface area contributed by atoms with Crippen LogP contribution in [-0.2, 0) is 17.8 Å².